The van der Waals surface area contributed by atoms with Crippen LogP contribution in [-0.2, 0) is 0 Å². The van der Waals surface area contributed by atoms with Crippen LogP contribution < -0.4 is 4.74 Å². The molecule has 0 aliphatic rings. The molecule has 0 unspecified atom stereocenters. The number of pyridine rings is 1. The Balaban J connectivity index is 0. The molecular formula is C11H20BrNO. The molecule has 0 aliphatic carbocycles. The second kappa shape index (κ2) is 10.5. The molecule has 0 amide bonds. The molecule has 0 saturated heterocycles. The molecule has 0 radical (unpaired) electrons. The lowest BCUT2D eigenvalue weighted by molar-refractivity contribution is 0.411. The van der Waals surface area contributed by atoms with Crippen molar-refractivity contribution in [3.63, 3.8) is 0 Å². The van der Waals surface area contributed by atoms with Gasteiger partial charge in [-0.05, 0) is 22.9 Å². The van der Waals surface area contributed by atoms with Gasteiger partial charge in [0.25, 0.3) is 0 Å². The maximum Gasteiger partial charge on any atom is 0.136 e. The van der Waals surface area contributed by atoms with Crippen LogP contribution in [0.3, 0.4) is 0 Å². The summed E-state index contributed by atoms with van der Waals surface area (Å²) in [7, 11) is 1.64. The lowest BCUT2D eigenvalue weighted by Gasteiger charge is -2.01. The third-order valence-corrected chi connectivity index (χ3v) is 1.77. The van der Waals surface area contributed by atoms with Crippen molar-refractivity contribution in [2.75, 3.05) is 7.11 Å². The van der Waals surface area contributed by atoms with E-state index in [9.17, 15) is 0 Å². The first-order valence-electron chi connectivity index (χ1n) is 4.90. The van der Waals surface area contributed by atoms with Crippen LogP contribution in [0.1, 0.15) is 33.4 Å². The zero-order valence-corrected chi connectivity index (χ0v) is 11.5. The van der Waals surface area contributed by atoms with Gasteiger partial charge in [0.1, 0.15) is 5.75 Å². The van der Waals surface area contributed by atoms with Crippen molar-refractivity contribution in [1.82, 2.24) is 4.98 Å². The molecule has 0 bridgehead atoms. The van der Waals surface area contributed by atoms with Gasteiger partial charge in [0.05, 0.1) is 11.6 Å². The zero-order valence-electron chi connectivity index (χ0n) is 9.89. The highest BCUT2D eigenvalue weighted by Gasteiger charge is 1.98. The fourth-order valence-electron chi connectivity index (χ4n) is 0.674. The Morgan fingerprint density at radius 2 is 1.71 bits per heavy atom. The number of aromatic nitrogens is 1. The molecule has 1 heterocycles. The minimum Gasteiger partial charge on any atom is -0.495 e. The molecule has 2 nitrogen and oxygen atoms in total. The Hall–Kier alpha value is -0.570. The Morgan fingerprint density at radius 3 is 2.07 bits per heavy atom. The first-order valence-corrected chi connectivity index (χ1v) is 5.69. The normalized spacial score (nSPS) is 7.64. The van der Waals surface area contributed by atoms with Crippen molar-refractivity contribution in [3.05, 3.63) is 22.4 Å². The average Bonchev–Trinajstić information content (AvgIpc) is 2.27. The molecule has 0 saturated carbocycles. The Bertz CT molecular complexity index is 239. The summed E-state index contributed by atoms with van der Waals surface area (Å²) in [6.07, 6.45) is 1.73. The minimum absolute atomic E-state index is 0.826. The highest BCUT2D eigenvalue weighted by molar-refractivity contribution is 9.10. The third-order valence-electron chi connectivity index (χ3n) is 1.18. The van der Waals surface area contributed by atoms with Gasteiger partial charge in [0.2, 0.25) is 0 Å². The second-order valence-corrected chi connectivity index (χ2v) is 2.81. The largest absolute Gasteiger partial charge is 0.495 e. The van der Waals surface area contributed by atoms with Gasteiger partial charge in [-0.25, -0.2) is 0 Å². The van der Waals surface area contributed by atoms with Gasteiger partial charge in [0.15, 0.2) is 0 Å². The van der Waals surface area contributed by atoms with Gasteiger partial charge in [-0.3, -0.25) is 4.98 Å². The van der Waals surface area contributed by atoms with Gasteiger partial charge in [-0.2, -0.15) is 0 Å². The quantitative estimate of drug-likeness (QED) is 0.756. The van der Waals surface area contributed by atoms with E-state index in [1.165, 1.54) is 0 Å². The van der Waals surface area contributed by atoms with Crippen LogP contribution in [0, 0.1) is 6.92 Å². The summed E-state index contributed by atoms with van der Waals surface area (Å²) in [5.74, 6) is 0.826. The van der Waals surface area contributed by atoms with Gasteiger partial charge < -0.3 is 4.74 Å². The van der Waals surface area contributed by atoms with Gasteiger partial charge >= 0.3 is 0 Å². The van der Waals surface area contributed by atoms with Crippen LogP contribution in [0.4, 0.5) is 0 Å². The van der Waals surface area contributed by atoms with E-state index in [-0.39, 0.29) is 0 Å². The molecular weight excluding hydrogens is 242 g/mol. The van der Waals surface area contributed by atoms with Crippen LogP contribution in [0.15, 0.2) is 16.7 Å². The summed E-state index contributed by atoms with van der Waals surface area (Å²) in [5.41, 5.74) is 0.958. The molecule has 1 aromatic heterocycles. The van der Waals surface area contributed by atoms with Crippen molar-refractivity contribution >= 4 is 15.9 Å². The smallest absolute Gasteiger partial charge is 0.136 e. The number of aryl methyl sites for hydroxylation is 1. The SMILES string of the molecule is CC.CC.COc1cc(C)ncc1Br. The van der Waals surface area contributed by atoms with Crippen molar-refractivity contribution in [1.29, 1.82) is 0 Å². The lowest BCUT2D eigenvalue weighted by atomic mass is 10.4. The maximum absolute atomic E-state index is 5.04. The van der Waals surface area contributed by atoms with E-state index in [1.54, 1.807) is 13.3 Å². The summed E-state index contributed by atoms with van der Waals surface area (Å²) in [5, 5.41) is 0. The van der Waals surface area contributed by atoms with Gasteiger partial charge in [0, 0.05) is 18.0 Å². The van der Waals surface area contributed by atoms with Crippen molar-refractivity contribution in [3.8, 4) is 5.75 Å². The van der Waals surface area contributed by atoms with Crippen LogP contribution >= 0.6 is 15.9 Å². The molecule has 1 rings (SSSR count). The highest BCUT2D eigenvalue weighted by atomic mass is 79.9. The number of hydrogen-bond acceptors (Lipinski definition) is 2. The van der Waals surface area contributed by atoms with Crippen LogP contribution in [0.5, 0.6) is 5.75 Å². The fourth-order valence-corrected chi connectivity index (χ4v) is 1.05. The Labute approximate surface area is 95.8 Å². The monoisotopic (exact) mass is 261 g/mol. The molecule has 0 aromatic carbocycles. The summed E-state index contributed by atoms with van der Waals surface area (Å²) >= 11 is 3.30. The maximum atomic E-state index is 5.04. The topological polar surface area (TPSA) is 22.1 Å². The molecule has 3 heteroatoms. The fraction of sp³-hybridized carbons (Fsp3) is 0.545. The minimum atomic E-state index is 0.826. The number of methoxy groups -OCH3 is 1. The van der Waals surface area contributed by atoms with E-state index in [2.05, 4.69) is 20.9 Å². The van der Waals surface area contributed by atoms with Crippen molar-refractivity contribution < 1.29 is 4.74 Å². The molecule has 0 spiro atoms. The first-order chi connectivity index (χ1) is 6.74. The summed E-state index contributed by atoms with van der Waals surface area (Å²) in [6, 6.07) is 1.88. The number of ether oxygens (including phenoxy) is 1. The van der Waals surface area contributed by atoms with E-state index < -0.39 is 0 Å². The average molecular weight is 262 g/mol. The van der Waals surface area contributed by atoms with Gasteiger partial charge in [-0.15, -0.1) is 0 Å². The summed E-state index contributed by atoms with van der Waals surface area (Å²) < 4.78 is 5.93. The Kier molecular flexibility index (Phi) is 11.9. The number of halogens is 1. The van der Waals surface area contributed by atoms with E-state index in [0.29, 0.717) is 0 Å². The van der Waals surface area contributed by atoms with Crippen molar-refractivity contribution in [2.45, 2.75) is 34.6 Å². The summed E-state index contributed by atoms with van der Waals surface area (Å²) in [4.78, 5) is 4.06. The van der Waals surface area contributed by atoms with E-state index in [0.717, 1.165) is 15.9 Å². The Morgan fingerprint density at radius 1 is 1.21 bits per heavy atom. The van der Waals surface area contributed by atoms with Crippen LogP contribution in [-0.4, -0.2) is 12.1 Å². The van der Waals surface area contributed by atoms with Crippen LogP contribution in [0.2, 0.25) is 0 Å². The molecule has 0 aliphatic heterocycles. The predicted octanol–water partition coefficient (Wildman–Crippen LogP) is 4.21. The number of nitrogens with zero attached hydrogens (tertiary/aromatic N) is 1. The highest BCUT2D eigenvalue weighted by Crippen LogP contribution is 2.23. The first kappa shape index (κ1) is 15.9. The molecule has 0 N–H and O–H groups in total. The zero-order chi connectivity index (χ0) is 11.6. The standard InChI is InChI=1S/C7H8BrNO.2C2H6/c1-5-3-7(10-2)6(8)4-9-5;2*1-2/h3-4H,1-2H3;2*1-2H3. The molecule has 82 valence electrons. The van der Waals surface area contributed by atoms with Gasteiger partial charge in [-0.1, -0.05) is 27.7 Å². The van der Waals surface area contributed by atoms with E-state index in [1.807, 2.05) is 40.7 Å². The second-order valence-electron chi connectivity index (χ2n) is 1.96. The molecule has 0 atom stereocenters. The number of rotatable bonds is 1. The number of hydrogen-bond donors (Lipinski definition) is 0. The molecule has 1 aromatic rings. The summed E-state index contributed by atoms with van der Waals surface area (Å²) in [6.45, 7) is 9.93. The van der Waals surface area contributed by atoms with E-state index >= 15 is 0 Å². The molecule has 14 heavy (non-hydrogen) atoms. The van der Waals surface area contributed by atoms with E-state index in [4.69, 9.17) is 4.74 Å². The predicted molar refractivity (Wildman–Crippen MR) is 65.9 cm³/mol. The third kappa shape index (κ3) is 5.97. The molecule has 0 fully saturated rings. The van der Waals surface area contributed by atoms with Crippen LogP contribution in [0.25, 0.3) is 0 Å². The lowest BCUT2D eigenvalue weighted by Crippen LogP contribution is -1.87. The van der Waals surface area contributed by atoms with Crippen molar-refractivity contribution in [2.24, 2.45) is 0 Å².